The highest BCUT2D eigenvalue weighted by Gasteiger charge is 2.34. The van der Waals surface area contributed by atoms with Gasteiger partial charge >= 0.3 is 12.0 Å². The molecule has 24 heavy (non-hydrogen) atoms. The van der Waals surface area contributed by atoms with Crippen LogP contribution < -0.4 is 10.6 Å². The first-order valence-corrected chi connectivity index (χ1v) is 8.23. The van der Waals surface area contributed by atoms with Gasteiger partial charge in [0, 0.05) is 18.6 Å². The van der Waals surface area contributed by atoms with Crippen LogP contribution >= 0.6 is 0 Å². The quantitative estimate of drug-likeness (QED) is 0.673. The van der Waals surface area contributed by atoms with Crippen molar-refractivity contribution in [2.24, 2.45) is 0 Å². The van der Waals surface area contributed by atoms with Gasteiger partial charge in [0.15, 0.2) is 0 Å². The Balaban J connectivity index is 1.64. The summed E-state index contributed by atoms with van der Waals surface area (Å²) in [6.07, 6.45) is 1.94. The van der Waals surface area contributed by atoms with E-state index in [1.54, 1.807) is 18.2 Å². The van der Waals surface area contributed by atoms with E-state index < -0.39 is 5.97 Å². The third-order valence-electron chi connectivity index (χ3n) is 4.35. The molecule has 1 fully saturated rings. The number of amides is 2. The van der Waals surface area contributed by atoms with Crippen molar-refractivity contribution >= 4 is 12.0 Å². The molecule has 6 nitrogen and oxygen atoms in total. The number of rotatable bonds is 8. The van der Waals surface area contributed by atoms with E-state index in [-0.39, 0.29) is 30.5 Å². The molecule has 132 valence electrons. The van der Waals surface area contributed by atoms with Gasteiger partial charge in [-0.25, -0.2) is 9.18 Å². The Morgan fingerprint density at radius 2 is 2.04 bits per heavy atom. The van der Waals surface area contributed by atoms with Gasteiger partial charge in [-0.3, -0.25) is 9.69 Å². The number of carbonyl (C=O) groups excluding carboxylic acids is 1. The van der Waals surface area contributed by atoms with Crippen molar-refractivity contribution in [1.82, 2.24) is 15.5 Å². The zero-order valence-electron chi connectivity index (χ0n) is 13.8. The maximum absolute atomic E-state index is 13.5. The summed E-state index contributed by atoms with van der Waals surface area (Å²) in [5.74, 6) is -1.10. The molecule has 1 aromatic rings. The number of carboxylic acid groups (broad SMARTS) is 1. The number of carbonyl (C=O) groups is 2. The molecule has 7 heteroatoms. The molecule has 0 atom stereocenters. The Labute approximate surface area is 141 Å². The average molecular weight is 337 g/mol. The normalized spacial score (nSPS) is 19.6. The fraction of sp³-hybridized carbons (Fsp3) is 0.529. The Hall–Kier alpha value is -2.15. The first kappa shape index (κ1) is 18.2. The van der Waals surface area contributed by atoms with E-state index in [4.69, 9.17) is 5.11 Å². The summed E-state index contributed by atoms with van der Waals surface area (Å²) < 4.78 is 13.5. The number of halogens is 1. The highest BCUT2D eigenvalue weighted by Crippen LogP contribution is 2.25. The molecule has 0 radical (unpaired) electrons. The maximum Gasteiger partial charge on any atom is 0.317 e. The van der Waals surface area contributed by atoms with Crippen LogP contribution in [0, 0.1) is 5.82 Å². The second-order valence-electron chi connectivity index (χ2n) is 6.02. The minimum absolute atomic E-state index is 0.0305. The molecule has 0 bridgehead atoms. The lowest BCUT2D eigenvalue weighted by Crippen LogP contribution is -2.56. The van der Waals surface area contributed by atoms with E-state index in [1.165, 1.54) is 6.07 Å². The highest BCUT2D eigenvalue weighted by atomic mass is 19.1. The van der Waals surface area contributed by atoms with Crippen LogP contribution in [0.3, 0.4) is 0 Å². The fourth-order valence-electron chi connectivity index (χ4n) is 2.92. The minimum Gasteiger partial charge on any atom is -0.480 e. The summed E-state index contributed by atoms with van der Waals surface area (Å²) in [6, 6.07) is 6.50. The minimum atomic E-state index is -0.834. The summed E-state index contributed by atoms with van der Waals surface area (Å²) in [7, 11) is 0. The molecule has 3 N–H and O–H groups in total. The van der Waals surface area contributed by atoms with Crippen LogP contribution in [-0.4, -0.2) is 53.7 Å². The van der Waals surface area contributed by atoms with E-state index in [9.17, 15) is 14.0 Å². The zero-order chi connectivity index (χ0) is 17.5. The van der Waals surface area contributed by atoms with Gasteiger partial charge in [0.2, 0.25) is 0 Å². The lowest BCUT2D eigenvalue weighted by atomic mass is 9.85. The number of nitrogens with one attached hydrogen (secondary N) is 2. The van der Waals surface area contributed by atoms with Crippen LogP contribution in [0.15, 0.2) is 24.3 Å². The van der Waals surface area contributed by atoms with Gasteiger partial charge in [0.1, 0.15) is 5.82 Å². The maximum atomic E-state index is 13.5. The molecule has 0 aliphatic heterocycles. The van der Waals surface area contributed by atoms with Gasteiger partial charge in [-0.05, 0) is 37.4 Å². The van der Waals surface area contributed by atoms with Gasteiger partial charge in [0.05, 0.1) is 6.54 Å². The summed E-state index contributed by atoms with van der Waals surface area (Å²) >= 11 is 0. The van der Waals surface area contributed by atoms with Crippen LogP contribution in [0.5, 0.6) is 0 Å². The lowest BCUT2D eigenvalue weighted by molar-refractivity contribution is -0.139. The largest absolute Gasteiger partial charge is 0.480 e. The zero-order valence-corrected chi connectivity index (χ0v) is 13.8. The predicted molar refractivity (Wildman–Crippen MR) is 88.3 cm³/mol. The summed E-state index contributed by atoms with van der Waals surface area (Å²) in [5.41, 5.74) is 0.578. The summed E-state index contributed by atoms with van der Waals surface area (Å²) in [4.78, 5) is 24.5. The SMILES string of the molecule is CCN(CC(=O)O)C1CC(NC(=O)NCCc2ccccc2F)C1. The van der Waals surface area contributed by atoms with Crippen molar-refractivity contribution in [3.63, 3.8) is 0 Å². The number of aliphatic carboxylic acids is 1. The molecule has 0 unspecified atom stereocenters. The Kier molecular flexibility index (Phi) is 6.54. The molecule has 1 saturated carbocycles. The summed E-state index contributed by atoms with van der Waals surface area (Å²) in [5, 5.41) is 14.4. The van der Waals surface area contributed by atoms with Crippen molar-refractivity contribution in [3.05, 3.63) is 35.6 Å². The highest BCUT2D eigenvalue weighted by molar-refractivity contribution is 5.74. The van der Waals surface area contributed by atoms with Crippen LogP contribution in [0.25, 0.3) is 0 Å². The molecule has 0 aromatic heterocycles. The second kappa shape index (κ2) is 8.63. The van der Waals surface area contributed by atoms with E-state index >= 15 is 0 Å². The van der Waals surface area contributed by atoms with Crippen LogP contribution in [0.4, 0.5) is 9.18 Å². The molecule has 0 spiro atoms. The van der Waals surface area contributed by atoms with Crippen molar-refractivity contribution in [1.29, 1.82) is 0 Å². The third kappa shape index (κ3) is 5.19. The molecule has 2 rings (SSSR count). The fourth-order valence-corrected chi connectivity index (χ4v) is 2.92. The first-order valence-electron chi connectivity index (χ1n) is 8.23. The molecule has 1 aliphatic rings. The molecule has 1 aliphatic carbocycles. The van der Waals surface area contributed by atoms with E-state index in [0.29, 0.717) is 25.1 Å². The van der Waals surface area contributed by atoms with Gasteiger partial charge < -0.3 is 15.7 Å². The van der Waals surface area contributed by atoms with Crippen LogP contribution in [0.1, 0.15) is 25.3 Å². The standard InChI is InChI=1S/C17H24FN3O3/c1-2-21(11-16(22)23)14-9-13(10-14)20-17(24)19-8-7-12-5-3-4-6-15(12)18/h3-6,13-14H,2,7-11H2,1H3,(H,22,23)(H2,19,20,24). The van der Waals surface area contributed by atoms with E-state index in [2.05, 4.69) is 10.6 Å². The molecule has 0 saturated heterocycles. The monoisotopic (exact) mass is 337 g/mol. The van der Waals surface area contributed by atoms with Crippen LogP contribution in [0.2, 0.25) is 0 Å². The number of likely N-dealkylation sites (N-methyl/N-ethyl adjacent to an activating group) is 1. The third-order valence-corrected chi connectivity index (χ3v) is 4.35. The number of carboxylic acids is 1. The molecule has 2 amide bonds. The van der Waals surface area contributed by atoms with Crippen LogP contribution in [-0.2, 0) is 11.2 Å². The van der Waals surface area contributed by atoms with Crippen molar-refractivity contribution in [2.75, 3.05) is 19.6 Å². The number of benzene rings is 1. The van der Waals surface area contributed by atoms with Crippen molar-refractivity contribution in [3.8, 4) is 0 Å². The molecule has 0 heterocycles. The average Bonchev–Trinajstić information content (AvgIpc) is 2.50. The summed E-state index contributed by atoms with van der Waals surface area (Å²) in [6.45, 7) is 3.00. The predicted octanol–water partition coefficient (Wildman–Crippen LogP) is 1.60. The number of urea groups is 1. The van der Waals surface area contributed by atoms with Gasteiger partial charge in [-0.2, -0.15) is 0 Å². The number of hydrogen-bond donors (Lipinski definition) is 3. The van der Waals surface area contributed by atoms with E-state index in [0.717, 1.165) is 12.8 Å². The topological polar surface area (TPSA) is 81.7 Å². The Bertz CT molecular complexity index is 576. The van der Waals surface area contributed by atoms with Gasteiger partial charge in [-0.15, -0.1) is 0 Å². The van der Waals surface area contributed by atoms with Gasteiger partial charge in [0.25, 0.3) is 0 Å². The molecule has 1 aromatic carbocycles. The van der Waals surface area contributed by atoms with Crippen molar-refractivity contribution in [2.45, 2.75) is 38.3 Å². The number of nitrogens with zero attached hydrogens (tertiary/aromatic N) is 1. The Morgan fingerprint density at radius 3 is 2.67 bits per heavy atom. The molecular formula is C17H24FN3O3. The lowest BCUT2D eigenvalue weighted by Gasteiger charge is -2.42. The number of hydrogen-bond acceptors (Lipinski definition) is 3. The second-order valence-corrected chi connectivity index (χ2v) is 6.02. The molecular weight excluding hydrogens is 313 g/mol. The van der Waals surface area contributed by atoms with Crippen molar-refractivity contribution < 1.29 is 19.1 Å². The Morgan fingerprint density at radius 1 is 1.33 bits per heavy atom. The van der Waals surface area contributed by atoms with E-state index in [1.807, 2.05) is 11.8 Å². The first-order chi connectivity index (χ1) is 11.5. The smallest absolute Gasteiger partial charge is 0.317 e. The van der Waals surface area contributed by atoms with Gasteiger partial charge in [-0.1, -0.05) is 25.1 Å².